The summed E-state index contributed by atoms with van der Waals surface area (Å²) in [6.45, 7) is 0.695. The van der Waals surface area contributed by atoms with E-state index in [1.54, 1.807) is 12.1 Å². The molecule has 2 atom stereocenters. The molecule has 14 heteroatoms. The zero-order valence-electron chi connectivity index (χ0n) is 24.5. The fourth-order valence-electron chi connectivity index (χ4n) is 5.38. The van der Waals surface area contributed by atoms with Crippen molar-refractivity contribution in [3.63, 3.8) is 0 Å². The van der Waals surface area contributed by atoms with Gasteiger partial charge in [0.25, 0.3) is 5.91 Å². The Labute approximate surface area is 256 Å². The zero-order chi connectivity index (χ0) is 31.6. The standard InChI is InChI=1S/C30H40N4O9S/c31-18-6-4-10-25(32-29(37)38)27(35)34-19-16-30(17-20-34,28(36)33-43-26-11-5-7-21-41-26)44(39,40)24-14-12-23(13-15-24)42-22-8-2-1-3-9-22/h1-3,8-9,12-15,25-26,32H,4-7,10-11,16-21,31H2,(H,33,36)(H,37,38)/t25-,26?/m0/s1. The molecule has 0 aliphatic carbocycles. The Bertz CT molecular complexity index is 1360. The number of hydroxylamine groups is 1. The average Bonchev–Trinajstić information content (AvgIpc) is 3.04. The molecular formula is C30H40N4O9S. The first-order valence-corrected chi connectivity index (χ1v) is 16.3. The number of hydrogen-bond donors (Lipinski definition) is 4. The maximum absolute atomic E-state index is 14.2. The topological polar surface area (TPSA) is 187 Å². The summed E-state index contributed by atoms with van der Waals surface area (Å²) in [4.78, 5) is 45.2. The minimum atomic E-state index is -4.32. The molecular weight excluding hydrogens is 592 g/mol. The lowest BCUT2D eigenvalue weighted by Crippen LogP contribution is -2.60. The highest BCUT2D eigenvalue weighted by molar-refractivity contribution is 7.93. The largest absolute Gasteiger partial charge is 0.465 e. The van der Waals surface area contributed by atoms with Gasteiger partial charge in [-0.3, -0.25) is 9.59 Å². The van der Waals surface area contributed by atoms with Crippen LogP contribution in [0, 0.1) is 0 Å². The highest BCUT2D eigenvalue weighted by atomic mass is 32.2. The normalized spacial score (nSPS) is 19.0. The summed E-state index contributed by atoms with van der Waals surface area (Å²) < 4.78 is 37.8. The van der Waals surface area contributed by atoms with Crippen molar-refractivity contribution in [3.05, 3.63) is 54.6 Å². The number of sulfone groups is 1. The molecule has 2 fully saturated rings. The van der Waals surface area contributed by atoms with Crippen LogP contribution in [-0.2, 0) is 29.0 Å². The molecule has 2 aromatic carbocycles. The van der Waals surface area contributed by atoms with E-state index in [-0.39, 0.29) is 37.2 Å². The number of carbonyl (C=O) groups excluding carboxylic acids is 2. The van der Waals surface area contributed by atoms with E-state index in [1.165, 1.54) is 29.2 Å². The number of amides is 3. The van der Waals surface area contributed by atoms with Crippen molar-refractivity contribution >= 4 is 27.7 Å². The van der Waals surface area contributed by atoms with E-state index in [0.717, 1.165) is 12.8 Å². The molecule has 0 radical (unpaired) electrons. The number of nitrogens with one attached hydrogen (secondary N) is 2. The molecule has 0 saturated carbocycles. The number of hydrogen-bond acceptors (Lipinski definition) is 9. The predicted molar refractivity (Wildman–Crippen MR) is 159 cm³/mol. The number of benzene rings is 2. The second kappa shape index (κ2) is 15.3. The molecule has 3 amide bonds. The Morgan fingerprint density at radius 1 is 1.02 bits per heavy atom. The minimum absolute atomic E-state index is 0.0880. The number of likely N-dealkylation sites (tertiary alicyclic amines) is 1. The Morgan fingerprint density at radius 3 is 2.32 bits per heavy atom. The third-order valence-electron chi connectivity index (χ3n) is 7.89. The van der Waals surface area contributed by atoms with Crippen LogP contribution >= 0.6 is 0 Å². The van der Waals surface area contributed by atoms with Crippen LogP contribution in [0.3, 0.4) is 0 Å². The Balaban J connectivity index is 1.55. The van der Waals surface area contributed by atoms with Gasteiger partial charge in [0.1, 0.15) is 17.5 Å². The van der Waals surface area contributed by atoms with E-state index in [2.05, 4.69) is 10.8 Å². The van der Waals surface area contributed by atoms with Crippen LogP contribution in [-0.4, -0.2) is 79.7 Å². The van der Waals surface area contributed by atoms with Gasteiger partial charge < -0.3 is 30.5 Å². The van der Waals surface area contributed by atoms with Crippen LogP contribution in [0.15, 0.2) is 59.5 Å². The molecule has 2 aliphatic heterocycles. The summed E-state index contributed by atoms with van der Waals surface area (Å²) in [6.07, 6.45) is 1.16. The van der Waals surface area contributed by atoms with E-state index in [4.69, 9.17) is 20.0 Å². The molecule has 5 N–H and O–H groups in total. The van der Waals surface area contributed by atoms with Gasteiger partial charge in [0.05, 0.1) is 4.90 Å². The number of para-hydroxylation sites is 1. The highest BCUT2D eigenvalue weighted by Crippen LogP contribution is 2.37. The van der Waals surface area contributed by atoms with Crippen molar-refractivity contribution in [2.45, 2.75) is 73.3 Å². The highest BCUT2D eigenvalue weighted by Gasteiger charge is 2.54. The van der Waals surface area contributed by atoms with Gasteiger partial charge in [0, 0.05) is 26.1 Å². The van der Waals surface area contributed by atoms with Gasteiger partial charge in [0.2, 0.25) is 5.91 Å². The van der Waals surface area contributed by atoms with Gasteiger partial charge in [-0.2, -0.15) is 0 Å². The molecule has 13 nitrogen and oxygen atoms in total. The second-order valence-corrected chi connectivity index (χ2v) is 13.1. The molecule has 2 aliphatic rings. The smallest absolute Gasteiger partial charge is 0.405 e. The van der Waals surface area contributed by atoms with Gasteiger partial charge in [-0.15, -0.1) is 0 Å². The summed E-state index contributed by atoms with van der Waals surface area (Å²) in [5, 5.41) is 11.5. The minimum Gasteiger partial charge on any atom is -0.465 e. The quantitative estimate of drug-likeness (QED) is 0.189. The van der Waals surface area contributed by atoms with Crippen LogP contribution < -0.4 is 21.3 Å². The predicted octanol–water partition coefficient (Wildman–Crippen LogP) is 2.95. The Hall–Kier alpha value is -3.72. The van der Waals surface area contributed by atoms with E-state index >= 15 is 0 Å². The molecule has 2 heterocycles. The second-order valence-electron chi connectivity index (χ2n) is 10.8. The molecule has 0 bridgehead atoms. The summed E-state index contributed by atoms with van der Waals surface area (Å²) in [6, 6.07) is 13.8. The van der Waals surface area contributed by atoms with Crippen LogP contribution in [0.5, 0.6) is 11.5 Å². The van der Waals surface area contributed by atoms with Crippen molar-refractivity contribution in [1.82, 2.24) is 15.7 Å². The van der Waals surface area contributed by atoms with Gasteiger partial charge in [-0.25, -0.2) is 23.5 Å². The van der Waals surface area contributed by atoms with Crippen molar-refractivity contribution in [2.75, 3.05) is 26.2 Å². The number of nitrogens with two attached hydrogens (primary N) is 1. The van der Waals surface area contributed by atoms with Crippen molar-refractivity contribution in [2.24, 2.45) is 5.73 Å². The van der Waals surface area contributed by atoms with Crippen LogP contribution in [0.2, 0.25) is 0 Å². The molecule has 2 aromatic rings. The fraction of sp³-hybridized carbons (Fsp3) is 0.500. The third kappa shape index (κ3) is 8.05. The van der Waals surface area contributed by atoms with E-state index < -0.39 is 44.8 Å². The van der Waals surface area contributed by atoms with Crippen molar-refractivity contribution < 1.29 is 42.2 Å². The Kier molecular flexibility index (Phi) is 11.6. The Morgan fingerprint density at radius 2 is 1.70 bits per heavy atom. The van der Waals surface area contributed by atoms with Crippen LogP contribution in [0.1, 0.15) is 51.4 Å². The third-order valence-corrected chi connectivity index (χ3v) is 10.4. The summed E-state index contributed by atoms with van der Waals surface area (Å²) >= 11 is 0. The number of ether oxygens (including phenoxy) is 2. The SMILES string of the molecule is NCCCC[C@H](NC(=O)O)C(=O)N1CCC(C(=O)NOC2CCCCO2)(S(=O)(=O)c2ccc(Oc3ccccc3)cc2)CC1. The van der Waals surface area contributed by atoms with Crippen LogP contribution in [0.25, 0.3) is 0 Å². The number of carboxylic acid groups (broad SMARTS) is 1. The number of nitrogens with zero attached hydrogens (tertiary/aromatic N) is 1. The van der Waals surface area contributed by atoms with Gasteiger partial charge in [-0.05, 0) is 87.9 Å². The average molecular weight is 633 g/mol. The van der Waals surface area contributed by atoms with Gasteiger partial charge in [0.15, 0.2) is 20.9 Å². The first-order chi connectivity index (χ1) is 21.2. The molecule has 44 heavy (non-hydrogen) atoms. The summed E-state index contributed by atoms with van der Waals surface area (Å²) in [7, 11) is -4.32. The fourth-order valence-corrected chi connectivity index (χ4v) is 7.33. The van der Waals surface area contributed by atoms with Gasteiger partial charge >= 0.3 is 6.09 Å². The molecule has 1 unspecified atom stereocenters. The summed E-state index contributed by atoms with van der Waals surface area (Å²) in [5.41, 5.74) is 7.88. The lowest BCUT2D eigenvalue weighted by Gasteiger charge is -2.41. The van der Waals surface area contributed by atoms with Gasteiger partial charge in [-0.1, -0.05) is 18.2 Å². The van der Waals surface area contributed by atoms with Crippen molar-refractivity contribution in [1.29, 1.82) is 0 Å². The first-order valence-electron chi connectivity index (χ1n) is 14.8. The lowest BCUT2D eigenvalue weighted by molar-refractivity contribution is -0.202. The van der Waals surface area contributed by atoms with Crippen LogP contribution in [0.4, 0.5) is 4.79 Å². The molecule has 0 spiro atoms. The lowest BCUT2D eigenvalue weighted by atomic mass is 9.94. The first kappa shape index (κ1) is 33.2. The number of rotatable bonds is 13. The number of unbranched alkanes of at least 4 members (excludes halogenated alkanes) is 1. The van der Waals surface area contributed by atoms with E-state index in [9.17, 15) is 27.9 Å². The monoisotopic (exact) mass is 632 g/mol. The van der Waals surface area contributed by atoms with E-state index in [0.29, 0.717) is 43.9 Å². The maximum Gasteiger partial charge on any atom is 0.405 e. The molecule has 0 aromatic heterocycles. The number of piperidine rings is 1. The number of carbonyl (C=O) groups is 3. The van der Waals surface area contributed by atoms with Crippen molar-refractivity contribution in [3.8, 4) is 11.5 Å². The molecule has 4 rings (SSSR count). The molecule has 2 saturated heterocycles. The zero-order valence-corrected chi connectivity index (χ0v) is 25.3. The van der Waals surface area contributed by atoms with E-state index in [1.807, 2.05) is 18.2 Å². The summed E-state index contributed by atoms with van der Waals surface area (Å²) in [5.74, 6) is -0.341. The maximum atomic E-state index is 14.2. The molecule has 240 valence electrons.